The predicted molar refractivity (Wildman–Crippen MR) is 107 cm³/mol. The summed E-state index contributed by atoms with van der Waals surface area (Å²) in [5.41, 5.74) is 0.650. The first-order valence-corrected chi connectivity index (χ1v) is 12.1. The topological polar surface area (TPSA) is 66.5 Å². The second-order valence-electron chi connectivity index (χ2n) is 7.11. The molecule has 1 aromatic carbocycles. The lowest BCUT2D eigenvalue weighted by atomic mass is 10.2. The second kappa shape index (κ2) is 9.24. The van der Waals surface area contributed by atoms with Crippen LogP contribution in [-0.4, -0.2) is 42.7 Å². The van der Waals surface area contributed by atoms with E-state index in [1.165, 1.54) is 25.7 Å². The summed E-state index contributed by atoms with van der Waals surface area (Å²) in [5, 5.41) is 3.48. The first-order chi connectivity index (χ1) is 12.6. The first kappa shape index (κ1) is 19.7. The Hall–Kier alpha value is -1.05. The van der Waals surface area contributed by atoms with Gasteiger partial charge in [-0.1, -0.05) is 25.7 Å². The highest BCUT2D eigenvalue weighted by atomic mass is 32.2. The zero-order valence-corrected chi connectivity index (χ0v) is 16.8. The van der Waals surface area contributed by atoms with Gasteiger partial charge in [0.2, 0.25) is 15.9 Å². The highest BCUT2D eigenvalue weighted by molar-refractivity contribution is 8.00. The molecule has 0 bridgehead atoms. The first-order valence-electron chi connectivity index (χ1n) is 9.57. The third-order valence-corrected chi connectivity index (χ3v) is 8.38. The van der Waals surface area contributed by atoms with Gasteiger partial charge in [0.1, 0.15) is 0 Å². The molecule has 1 aliphatic heterocycles. The number of rotatable bonds is 6. The van der Waals surface area contributed by atoms with Gasteiger partial charge in [0.15, 0.2) is 0 Å². The maximum absolute atomic E-state index is 12.8. The third kappa shape index (κ3) is 5.24. The van der Waals surface area contributed by atoms with Crippen LogP contribution in [0.1, 0.15) is 51.4 Å². The molecule has 7 heteroatoms. The Kier molecular flexibility index (Phi) is 7.00. The van der Waals surface area contributed by atoms with Crippen molar-refractivity contribution in [2.24, 2.45) is 0 Å². The minimum Gasteiger partial charge on any atom is -0.325 e. The molecule has 5 nitrogen and oxygen atoms in total. The summed E-state index contributed by atoms with van der Waals surface area (Å²) in [4.78, 5) is 12.4. The molecule has 1 saturated carbocycles. The van der Waals surface area contributed by atoms with Crippen molar-refractivity contribution < 1.29 is 13.2 Å². The number of hydrogen-bond donors (Lipinski definition) is 1. The lowest BCUT2D eigenvalue weighted by molar-refractivity contribution is -0.113. The van der Waals surface area contributed by atoms with Gasteiger partial charge in [-0.05, 0) is 49.9 Å². The van der Waals surface area contributed by atoms with Gasteiger partial charge in [0.25, 0.3) is 0 Å². The number of nitrogens with zero attached hydrogens (tertiary/aromatic N) is 1. The highest BCUT2D eigenvalue weighted by Gasteiger charge is 2.25. The van der Waals surface area contributed by atoms with Crippen LogP contribution in [-0.2, 0) is 14.8 Å². The quantitative estimate of drug-likeness (QED) is 0.793. The van der Waals surface area contributed by atoms with Crippen LogP contribution in [0.3, 0.4) is 0 Å². The maximum atomic E-state index is 12.8. The van der Waals surface area contributed by atoms with E-state index in [1.54, 1.807) is 40.3 Å². The van der Waals surface area contributed by atoms with Crippen LogP contribution >= 0.6 is 11.8 Å². The number of carbonyl (C=O) groups is 1. The zero-order valence-electron chi connectivity index (χ0n) is 15.2. The molecular formula is C19H28N2O3S2. The van der Waals surface area contributed by atoms with Crippen LogP contribution < -0.4 is 5.32 Å². The summed E-state index contributed by atoms with van der Waals surface area (Å²) < 4.78 is 27.1. The smallest absolute Gasteiger partial charge is 0.243 e. The molecule has 26 heavy (non-hydrogen) atoms. The van der Waals surface area contributed by atoms with Crippen LogP contribution in [0, 0.1) is 0 Å². The minimum absolute atomic E-state index is 0.0231. The molecule has 0 spiro atoms. The van der Waals surface area contributed by atoms with Gasteiger partial charge in [-0.3, -0.25) is 4.79 Å². The second-order valence-corrected chi connectivity index (χ2v) is 10.3. The number of sulfonamides is 1. The van der Waals surface area contributed by atoms with Gasteiger partial charge >= 0.3 is 0 Å². The standard InChI is InChI=1S/C19H28N2O3S2/c22-19(15-25-17-7-3-4-8-17)20-16-9-11-18(12-10-16)26(23,24)21-13-5-1-2-6-14-21/h9-12,17H,1-8,13-15H2,(H,20,22). The van der Waals surface area contributed by atoms with E-state index in [0.29, 0.717) is 34.7 Å². The molecule has 0 radical (unpaired) electrons. The minimum atomic E-state index is -3.44. The van der Waals surface area contributed by atoms with Gasteiger partial charge in [-0.15, -0.1) is 11.8 Å². The average Bonchev–Trinajstić information content (AvgIpc) is 3.00. The van der Waals surface area contributed by atoms with Crippen molar-refractivity contribution in [2.75, 3.05) is 24.2 Å². The van der Waals surface area contributed by atoms with Crippen molar-refractivity contribution in [1.82, 2.24) is 4.31 Å². The van der Waals surface area contributed by atoms with Crippen molar-refractivity contribution in [3.05, 3.63) is 24.3 Å². The van der Waals surface area contributed by atoms with E-state index in [4.69, 9.17) is 0 Å². The third-order valence-electron chi connectivity index (χ3n) is 5.09. The number of nitrogens with one attached hydrogen (secondary N) is 1. The molecule has 2 fully saturated rings. The average molecular weight is 397 g/mol. The molecule has 0 unspecified atom stereocenters. The molecule has 1 aliphatic carbocycles. The summed E-state index contributed by atoms with van der Waals surface area (Å²) >= 11 is 1.72. The summed E-state index contributed by atoms with van der Waals surface area (Å²) in [7, 11) is -3.44. The fourth-order valence-corrected chi connectivity index (χ4v) is 6.23. The Morgan fingerprint density at radius 2 is 1.62 bits per heavy atom. The van der Waals surface area contributed by atoms with Crippen LogP contribution in [0.15, 0.2) is 29.2 Å². The monoisotopic (exact) mass is 396 g/mol. The van der Waals surface area contributed by atoms with Crippen molar-refractivity contribution in [2.45, 2.75) is 61.5 Å². The Morgan fingerprint density at radius 1 is 1.00 bits per heavy atom. The normalized spacial score (nSPS) is 20.0. The van der Waals surface area contributed by atoms with E-state index in [1.807, 2.05) is 0 Å². The number of anilines is 1. The molecule has 2 aliphatic rings. The Balaban J connectivity index is 1.56. The van der Waals surface area contributed by atoms with Gasteiger partial charge in [0.05, 0.1) is 10.6 Å². The largest absolute Gasteiger partial charge is 0.325 e. The molecule has 3 rings (SSSR count). The van der Waals surface area contributed by atoms with Crippen LogP contribution in [0.2, 0.25) is 0 Å². The van der Waals surface area contributed by atoms with Crippen LogP contribution in [0.5, 0.6) is 0 Å². The van der Waals surface area contributed by atoms with Crippen LogP contribution in [0.25, 0.3) is 0 Å². The molecule has 1 amide bonds. The van der Waals surface area contributed by atoms with Crippen molar-refractivity contribution in [3.63, 3.8) is 0 Å². The predicted octanol–water partition coefficient (Wildman–Crippen LogP) is 3.87. The number of benzene rings is 1. The van der Waals surface area contributed by atoms with E-state index in [2.05, 4.69) is 5.32 Å². The van der Waals surface area contributed by atoms with Gasteiger partial charge in [0, 0.05) is 24.0 Å². The molecule has 1 N–H and O–H groups in total. The lowest BCUT2D eigenvalue weighted by Crippen LogP contribution is -2.31. The SMILES string of the molecule is O=C(CSC1CCCC1)Nc1ccc(S(=O)(=O)N2CCCCCC2)cc1. The highest BCUT2D eigenvalue weighted by Crippen LogP contribution is 2.29. The van der Waals surface area contributed by atoms with E-state index in [0.717, 1.165) is 25.7 Å². The Labute approximate surface area is 161 Å². The van der Waals surface area contributed by atoms with E-state index >= 15 is 0 Å². The number of thioether (sulfide) groups is 1. The molecule has 1 aromatic rings. The fourth-order valence-electron chi connectivity index (χ4n) is 3.59. The maximum Gasteiger partial charge on any atom is 0.243 e. The number of carbonyl (C=O) groups excluding carboxylic acids is 1. The van der Waals surface area contributed by atoms with Crippen LogP contribution in [0.4, 0.5) is 5.69 Å². The summed E-state index contributed by atoms with van der Waals surface area (Å²) in [6, 6.07) is 6.56. The van der Waals surface area contributed by atoms with Gasteiger partial charge in [-0.25, -0.2) is 8.42 Å². The van der Waals surface area contributed by atoms with Gasteiger partial charge in [-0.2, -0.15) is 4.31 Å². The summed E-state index contributed by atoms with van der Waals surface area (Å²) in [5.74, 6) is 0.434. The molecule has 0 atom stereocenters. The van der Waals surface area contributed by atoms with E-state index in [-0.39, 0.29) is 5.91 Å². The summed E-state index contributed by atoms with van der Waals surface area (Å²) in [6.45, 7) is 1.19. The lowest BCUT2D eigenvalue weighted by Gasteiger charge is -2.20. The number of amides is 1. The fraction of sp³-hybridized carbons (Fsp3) is 0.632. The zero-order chi connectivity index (χ0) is 18.4. The van der Waals surface area contributed by atoms with E-state index in [9.17, 15) is 13.2 Å². The Morgan fingerprint density at radius 3 is 2.23 bits per heavy atom. The van der Waals surface area contributed by atoms with Gasteiger partial charge < -0.3 is 5.32 Å². The summed E-state index contributed by atoms with van der Waals surface area (Å²) in [6.07, 6.45) is 8.99. The molecule has 144 valence electrons. The molecular weight excluding hydrogens is 368 g/mol. The van der Waals surface area contributed by atoms with Crippen molar-refractivity contribution >= 4 is 33.4 Å². The molecule has 1 saturated heterocycles. The van der Waals surface area contributed by atoms with Crippen molar-refractivity contribution in [1.29, 1.82) is 0 Å². The molecule has 0 aromatic heterocycles. The Bertz CT molecular complexity index is 690. The van der Waals surface area contributed by atoms with Crippen molar-refractivity contribution in [3.8, 4) is 0 Å². The number of hydrogen-bond acceptors (Lipinski definition) is 4. The van der Waals surface area contributed by atoms with E-state index < -0.39 is 10.0 Å². The molecule has 1 heterocycles.